The third-order valence-corrected chi connectivity index (χ3v) is 6.17. The van der Waals surface area contributed by atoms with Gasteiger partial charge in [-0.25, -0.2) is 0 Å². The molecule has 2 heterocycles. The predicted molar refractivity (Wildman–Crippen MR) is 92.8 cm³/mol. The maximum atomic E-state index is 12.8. The molecule has 1 amide bonds. The van der Waals surface area contributed by atoms with E-state index >= 15 is 0 Å². The minimum absolute atomic E-state index is 0.0866. The van der Waals surface area contributed by atoms with E-state index < -0.39 is 0 Å². The number of nitrogens with zero attached hydrogens (tertiary/aromatic N) is 1. The summed E-state index contributed by atoms with van der Waals surface area (Å²) in [6, 6.07) is 5.98. The summed E-state index contributed by atoms with van der Waals surface area (Å²) < 4.78 is 2.05. The van der Waals surface area contributed by atoms with E-state index in [0.717, 1.165) is 34.1 Å². The maximum Gasteiger partial charge on any atom is 0.266 e. The van der Waals surface area contributed by atoms with E-state index in [0.29, 0.717) is 22.4 Å². The van der Waals surface area contributed by atoms with Crippen LogP contribution in [0, 0.1) is 11.8 Å². The van der Waals surface area contributed by atoms with Crippen molar-refractivity contribution in [2.75, 3.05) is 18.8 Å². The van der Waals surface area contributed by atoms with Crippen LogP contribution < -0.4 is 5.73 Å². The number of halogens is 1. The topological polar surface area (TPSA) is 46.3 Å². The molecule has 1 aliphatic heterocycles. The summed E-state index contributed by atoms with van der Waals surface area (Å²) in [5.41, 5.74) is 6.84. The first-order chi connectivity index (χ1) is 9.97. The molecule has 1 aromatic heterocycles. The minimum atomic E-state index is 0.0866. The number of anilines is 1. The molecule has 0 bridgehead atoms. The van der Waals surface area contributed by atoms with Crippen LogP contribution in [-0.2, 0) is 0 Å². The Morgan fingerprint density at radius 2 is 2.14 bits per heavy atom. The Bertz CT molecular complexity index is 697. The van der Waals surface area contributed by atoms with Gasteiger partial charge in [-0.1, -0.05) is 29.8 Å². The van der Waals surface area contributed by atoms with Gasteiger partial charge in [0, 0.05) is 27.6 Å². The Kier molecular flexibility index (Phi) is 3.97. The zero-order valence-electron chi connectivity index (χ0n) is 12.2. The van der Waals surface area contributed by atoms with Crippen molar-refractivity contribution < 1.29 is 4.79 Å². The molecule has 1 aliphatic rings. The number of piperidine rings is 1. The van der Waals surface area contributed by atoms with Crippen molar-refractivity contribution in [2.45, 2.75) is 20.3 Å². The first-order valence-corrected chi connectivity index (χ1v) is 8.85. The zero-order valence-corrected chi connectivity index (χ0v) is 14.6. The number of hydrogen-bond donors (Lipinski definition) is 1. The summed E-state index contributed by atoms with van der Waals surface area (Å²) in [5.74, 6) is 1.32. The van der Waals surface area contributed by atoms with Crippen LogP contribution in [0.4, 0.5) is 5.69 Å². The van der Waals surface area contributed by atoms with Gasteiger partial charge in [0.2, 0.25) is 0 Å². The number of nitrogens with two attached hydrogens (primary N) is 1. The van der Waals surface area contributed by atoms with Crippen molar-refractivity contribution in [3.63, 3.8) is 0 Å². The Balaban J connectivity index is 1.93. The number of rotatable bonds is 1. The van der Waals surface area contributed by atoms with E-state index in [-0.39, 0.29) is 5.91 Å². The molecule has 1 aromatic carbocycles. The van der Waals surface area contributed by atoms with E-state index in [2.05, 4.69) is 29.8 Å². The third-order valence-electron chi connectivity index (χ3n) is 4.50. The number of amides is 1. The highest BCUT2D eigenvalue weighted by Gasteiger charge is 2.28. The molecule has 3 nitrogen and oxygen atoms in total. The summed E-state index contributed by atoms with van der Waals surface area (Å²) in [6.45, 7) is 6.15. The van der Waals surface area contributed by atoms with Gasteiger partial charge in [0.05, 0.1) is 5.69 Å². The highest BCUT2D eigenvalue weighted by Crippen LogP contribution is 2.36. The van der Waals surface area contributed by atoms with E-state index in [1.807, 2.05) is 23.1 Å². The number of likely N-dealkylation sites (tertiary alicyclic amines) is 1. The van der Waals surface area contributed by atoms with Gasteiger partial charge in [-0.3, -0.25) is 4.79 Å². The van der Waals surface area contributed by atoms with E-state index in [4.69, 9.17) is 5.73 Å². The lowest BCUT2D eigenvalue weighted by molar-refractivity contribution is 0.0633. The molecular weight excluding hydrogens is 348 g/mol. The summed E-state index contributed by atoms with van der Waals surface area (Å²) >= 11 is 4.96. The number of carbonyl (C=O) groups is 1. The molecule has 0 radical (unpaired) electrons. The Morgan fingerprint density at radius 3 is 2.86 bits per heavy atom. The van der Waals surface area contributed by atoms with Crippen LogP contribution in [0.1, 0.15) is 29.9 Å². The van der Waals surface area contributed by atoms with Crippen molar-refractivity contribution >= 4 is 48.9 Å². The van der Waals surface area contributed by atoms with Gasteiger partial charge >= 0.3 is 0 Å². The second kappa shape index (κ2) is 5.61. The van der Waals surface area contributed by atoms with Crippen LogP contribution in [0.25, 0.3) is 10.1 Å². The minimum Gasteiger partial charge on any atom is -0.397 e. The van der Waals surface area contributed by atoms with Gasteiger partial charge in [0.25, 0.3) is 5.91 Å². The number of hydrogen-bond acceptors (Lipinski definition) is 3. The lowest BCUT2D eigenvalue weighted by atomic mass is 9.88. The molecule has 2 N–H and O–H groups in total. The van der Waals surface area contributed by atoms with Crippen LogP contribution in [0.3, 0.4) is 0 Å². The zero-order chi connectivity index (χ0) is 15.1. The molecule has 112 valence electrons. The Hall–Kier alpha value is -1.07. The fourth-order valence-electron chi connectivity index (χ4n) is 2.84. The maximum absolute atomic E-state index is 12.8. The third kappa shape index (κ3) is 2.69. The second-order valence-corrected chi connectivity index (χ2v) is 7.95. The molecule has 2 unspecified atom stereocenters. The number of carbonyl (C=O) groups excluding carboxylic acids is 1. The van der Waals surface area contributed by atoms with E-state index in [1.54, 1.807) is 0 Å². The van der Waals surface area contributed by atoms with Gasteiger partial charge in [-0.15, -0.1) is 11.3 Å². The molecule has 2 aromatic rings. The monoisotopic (exact) mass is 366 g/mol. The van der Waals surface area contributed by atoms with Gasteiger partial charge in [0.15, 0.2) is 0 Å². The van der Waals surface area contributed by atoms with Gasteiger partial charge in [0.1, 0.15) is 4.88 Å². The number of nitrogen functional groups attached to an aromatic ring is 1. The quantitative estimate of drug-likeness (QED) is 0.814. The lowest BCUT2D eigenvalue weighted by Crippen LogP contribution is -2.42. The van der Waals surface area contributed by atoms with E-state index in [1.165, 1.54) is 11.3 Å². The normalized spacial score (nSPS) is 22.7. The summed E-state index contributed by atoms with van der Waals surface area (Å²) in [7, 11) is 0. The molecule has 2 atom stereocenters. The van der Waals surface area contributed by atoms with Crippen molar-refractivity contribution in [1.29, 1.82) is 0 Å². The van der Waals surface area contributed by atoms with Crippen LogP contribution in [0.15, 0.2) is 22.7 Å². The summed E-state index contributed by atoms with van der Waals surface area (Å²) in [4.78, 5) is 15.4. The Labute approximate surface area is 137 Å². The van der Waals surface area contributed by atoms with E-state index in [9.17, 15) is 4.79 Å². The fraction of sp³-hybridized carbons (Fsp3) is 0.438. The predicted octanol–water partition coefficient (Wildman–Crippen LogP) is 4.36. The van der Waals surface area contributed by atoms with Crippen molar-refractivity contribution in [2.24, 2.45) is 11.8 Å². The average molecular weight is 367 g/mol. The van der Waals surface area contributed by atoms with Gasteiger partial charge < -0.3 is 10.6 Å². The second-order valence-electron chi connectivity index (χ2n) is 5.98. The lowest BCUT2D eigenvalue weighted by Gasteiger charge is -2.35. The van der Waals surface area contributed by atoms with Crippen molar-refractivity contribution in [1.82, 2.24) is 4.90 Å². The van der Waals surface area contributed by atoms with Crippen LogP contribution in [0.2, 0.25) is 0 Å². The molecule has 0 spiro atoms. The molecular formula is C16H19BrN2OS. The van der Waals surface area contributed by atoms with Gasteiger partial charge in [-0.05, 0) is 36.5 Å². The van der Waals surface area contributed by atoms with Crippen molar-refractivity contribution in [3.05, 3.63) is 27.5 Å². The Morgan fingerprint density at radius 1 is 1.38 bits per heavy atom. The molecule has 1 fully saturated rings. The molecule has 0 aliphatic carbocycles. The van der Waals surface area contributed by atoms with Crippen LogP contribution in [-0.4, -0.2) is 23.9 Å². The molecule has 3 rings (SSSR count). The number of thiophene rings is 1. The van der Waals surface area contributed by atoms with Crippen molar-refractivity contribution in [3.8, 4) is 0 Å². The molecule has 21 heavy (non-hydrogen) atoms. The molecule has 5 heteroatoms. The molecule has 1 saturated heterocycles. The highest BCUT2D eigenvalue weighted by atomic mass is 79.9. The SMILES string of the molecule is CC1CCN(C(=O)c2sc3ccc(Br)cc3c2N)CC1C. The number of benzene rings is 1. The van der Waals surface area contributed by atoms with Gasteiger partial charge in [-0.2, -0.15) is 0 Å². The first-order valence-electron chi connectivity index (χ1n) is 7.24. The highest BCUT2D eigenvalue weighted by molar-refractivity contribution is 9.10. The summed E-state index contributed by atoms with van der Waals surface area (Å²) in [6.07, 6.45) is 1.07. The first kappa shape index (κ1) is 14.9. The van der Waals surface area contributed by atoms with Crippen LogP contribution in [0.5, 0.6) is 0 Å². The largest absolute Gasteiger partial charge is 0.397 e. The molecule has 0 saturated carbocycles. The van der Waals surface area contributed by atoms with Crippen LogP contribution >= 0.6 is 27.3 Å². The summed E-state index contributed by atoms with van der Waals surface area (Å²) in [5, 5.41) is 0.969. The average Bonchev–Trinajstić information content (AvgIpc) is 2.78. The smallest absolute Gasteiger partial charge is 0.266 e. The standard InChI is InChI=1S/C16H19BrN2OS/c1-9-5-6-19(8-10(9)2)16(20)15-14(18)12-7-11(17)3-4-13(12)21-15/h3-4,7,9-10H,5-6,8,18H2,1-2H3. The number of fused-ring (bicyclic) bond motifs is 1. The fourth-order valence-corrected chi connectivity index (χ4v) is 4.27.